The van der Waals surface area contributed by atoms with Gasteiger partial charge in [-0.1, -0.05) is 13.8 Å². The Morgan fingerprint density at radius 2 is 1.88 bits per heavy atom. The van der Waals surface area contributed by atoms with Crippen LogP contribution >= 0.6 is 11.3 Å². The minimum atomic E-state index is 0.475. The number of hydrogen-bond donors (Lipinski definition) is 1. The monoisotopic (exact) mass is 368 g/mol. The van der Waals surface area contributed by atoms with E-state index in [1.54, 1.807) is 22.6 Å². The van der Waals surface area contributed by atoms with Gasteiger partial charge < -0.3 is 9.80 Å². The molecule has 0 bridgehead atoms. The first kappa shape index (κ1) is 16.4. The molecule has 0 radical (unpaired) electrons. The van der Waals surface area contributed by atoms with Crippen LogP contribution in [0, 0.1) is 0 Å². The topological polar surface area (TPSA) is 46.4 Å². The zero-order chi connectivity index (χ0) is 17.8. The molecule has 3 aromatic rings. The van der Waals surface area contributed by atoms with Gasteiger partial charge >= 0.3 is 0 Å². The van der Waals surface area contributed by atoms with Crippen LogP contribution in [0.2, 0.25) is 0 Å². The summed E-state index contributed by atoms with van der Waals surface area (Å²) in [5.41, 5.74) is 5.43. The summed E-state index contributed by atoms with van der Waals surface area (Å²) in [5.74, 6) is 1.59. The summed E-state index contributed by atoms with van der Waals surface area (Å²) in [7, 11) is 2.27. The number of hydrogen-bond acceptors (Lipinski definition) is 5. The van der Waals surface area contributed by atoms with E-state index in [2.05, 4.69) is 25.8 Å². The fourth-order valence-electron chi connectivity index (χ4n) is 4.52. The molecule has 4 heterocycles. The van der Waals surface area contributed by atoms with Crippen molar-refractivity contribution >= 4 is 37.6 Å². The van der Waals surface area contributed by atoms with Gasteiger partial charge in [-0.15, -0.1) is 11.3 Å². The van der Waals surface area contributed by atoms with Crippen molar-refractivity contribution in [3.63, 3.8) is 0 Å². The molecule has 0 aromatic carbocycles. The lowest BCUT2D eigenvalue weighted by Crippen LogP contribution is -3.12. The van der Waals surface area contributed by atoms with Crippen molar-refractivity contribution in [2.75, 3.05) is 38.1 Å². The molecule has 1 fully saturated rings. The number of aromatic nitrogens is 3. The van der Waals surface area contributed by atoms with E-state index in [1.165, 1.54) is 52.8 Å². The summed E-state index contributed by atoms with van der Waals surface area (Å²) in [4.78, 5) is 19.7. The van der Waals surface area contributed by atoms with Crippen LogP contribution in [0.5, 0.6) is 0 Å². The molecule has 5 nitrogen and oxygen atoms in total. The van der Waals surface area contributed by atoms with Gasteiger partial charge in [0.05, 0.1) is 43.4 Å². The largest absolute Gasteiger partial charge is 0.344 e. The molecule has 2 aliphatic rings. The van der Waals surface area contributed by atoms with Gasteiger partial charge in [-0.05, 0) is 36.3 Å². The maximum Gasteiger partial charge on any atom is 0.150 e. The molecule has 5 rings (SSSR count). The number of nitrogens with zero attached hydrogens (tertiary/aromatic N) is 4. The summed E-state index contributed by atoms with van der Waals surface area (Å²) in [5, 5.41) is 1.31. The molecule has 0 atom stereocenters. The van der Waals surface area contributed by atoms with E-state index in [4.69, 9.17) is 15.0 Å². The number of piperazine rings is 1. The summed E-state index contributed by atoms with van der Waals surface area (Å²) in [6.07, 6.45) is 5.33. The standard InChI is InChI=1S/C20H25N5S/c1-12(2)16-14-6-4-5-13(14)15-17-18(26-20(15)23-16)19(22-11-21-17)25-9-7-24(3)8-10-25/h11-12H,4-10H2,1-3H3/p+1. The second-order valence-electron chi connectivity index (χ2n) is 8.06. The first-order chi connectivity index (χ1) is 12.6. The molecule has 1 N–H and O–H groups in total. The Balaban J connectivity index is 1.74. The van der Waals surface area contributed by atoms with Crippen molar-refractivity contribution in [3.05, 3.63) is 23.1 Å². The summed E-state index contributed by atoms with van der Waals surface area (Å²) in [6.45, 7) is 8.99. The third-order valence-electron chi connectivity index (χ3n) is 5.95. The number of likely N-dealkylation sites (N-methyl/N-ethyl adjacent to an activating group) is 1. The summed E-state index contributed by atoms with van der Waals surface area (Å²) in [6, 6.07) is 0. The Morgan fingerprint density at radius 1 is 1.12 bits per heavy atom. The number of fused-ring (bicyclic) bond motifs is 5. The smallest absolute Gasteiger partial charge is 0.150 e. The number of quaternary nitrogens is 1. The average molecular weight is 369 g/mol. The Morgan fingerprint density at radius 3 is 2.65 bits per heavy atom. The van der Waals surface area contributed by atoms with Crippen molar-refractivity contribution in [1.29, 1.82) is 0 Å². The fraction of sp³-hybridized carbons (Fsp3) is 0.550. The Hall–Kier alpha value is -1.79. The predicted octanol–water partition coefficient (Wildman–Crippen LogP) is 2.19. The lowest BCUT2D eigenvalue weighted by atomic mass is 9.99. The maximum atomic E-state index is 5.11. The van der Waals surface area contributed by atoms with Gasteiger partial charge in [-0.3, -0.25) is 0 Å². The van der Waals surface area contributed by atoms with Crippen molar-refractivity contribution in [2.24, 2.45) is 0 Å². The minimum absolute atomic E-state index is 0.475. The molecule has 0 unspecified atom stereocenters. The maximum absolute atomic E-state index is 5.11. The quantitative estimate of drug-likeness (QED) is 0.753. The predicted molar refractivity (Wildman–Crippen MR) is 108 cm³/mol. The third kappa shape index (κ3) is 2.42. The van der Waals surface area contributed by atoms with E-state index in [1.807, 2.05) is 0 Å². The van der Waals surface area contributed by atoms with Gasteiger partial charge in [0.2, 0.25) is 0 Å². The van der Waals surface area contributed by atoms with Crippen LogP contribution in [0.3, 0.4) is 0 Å². The molecule has 1 aliphatic carbocycles. The van der Waals surface area contributed by atoms with Crippen LogP contribution in [0.1, 0.15) is 43.0 Å². The van der Waals surface area contributed by atoms with Crippen LogP contribution in [0.15, 0.2) is 6.33 Å². The highest BCUT2D eigenvalue weighted by atomic mass is 32.1. The molecule has 1 saturated heterocycles. The molecule has 0 amide bonds. The molecule has 6 heteroatoms. The first-order valence-electron chi connectivity index (χ1n) is 9.78. The first-order valence-corrected chi connectivity index (χ1v) is 10.6. The van der Waals surface area contributed by atoms with E-state index in [0.29, 0.717) is 5.92 Å². The van der Waals surface area contributed by atoms with Crippen LogP contribution in [0.25, 0.3) is 20.4 Å². The van der Waals surface area contributed by atoms with E-state index in [0.717, 1.165) is 35.7 Å². The average Bonchev–Trinajstić information content (AvgIpc) is 3.25. The van der Waals surface area contributed by atoms with Crippen molar-refractivity contribution in [3.8, 4) is 0 Å². The van der Waals surface area contributed by atoms with Gasteiger partial charge in [-0.2, -0.15) is 0 Å². The number of rotatable bonds is 2. The highest BCUT2D eigenvalue weighted by Crippen LogP contribution is 2.42. The molecule has 0 spiro atoms. The zero-order valence-electron chi connectivity index (χ0n) is 15.8. The molecule has 26 heavy (non-hydrogen) atoms. The molecular weight excluding hydrogens is 342 g/mol. The van der Waals surface area contributed by atoms with Crippen LogP contribution < -0.4 is 9.80 Å². The lowest BCUT2D eigenvalue weighted by molar-refractivity contribution is -0.880. The Labute approximate surface area is 158 Å². The van der Waals surface area contributed by atoms with Crippen LogP contribution in [-0.4, -0.2) is 48.2 Å². The fourth-order valence-corrected chi connectivity index (χ4v) is 5.70. The number of pyridine rings is 1. The normalized spacial score (nSPS) is 18.4. The third-order valence-corrected chi connectivity index (χ3v) is 7.02. The minimum Gasteiger partial charge on any atom is -0.344 e. The van der Waals surface area contributed by atoms with E-state index < -0.39 is 0 Å². The number of thiophene rings is 1. The number of nitrogens with one attached hydrogen (secondary N) is 1. The molecule has 3 aromatic heterocycles. The van der Waals surface area contributed by atoms with Crippen LogP contribution in [0.4, 0.5) is 5.82 Å². The summed E-state index contributed by atoms with van der Waals surface area (Å²) < 4.78 is 1.23. The highest BCUT2D eigenvalue weighted by Gasteiger charge is 2.27. The van der Waals surface area contributed by atoms with E-state index in [9.17, 15) is 0 Å². The van der Waals surface area contributed by atoms with E-state index in [-0.39, 0.29) is 0 Å². The Bertz CT molecular complexity index is 985. The van der Waals surface area contributed by atoms with Gasteiger partial charge in [0.15, 0.2) is 5.82 Å². The second-order valence-corrected chi connectivity index (χ2v) is 9.06. The molecule has 136 valence electrons. The Kier molecular flexibility index (Phi) is 3.87. The number of anilines is 1. The van der Waals surface area contributed by atoms with Gasteiger partial charge in [-0.25, -0.2) is 15.0 Å². The van der Waals surface area contributed by atoms with Crippen molar-refractivity contribution in [1.82, 2.24) is 15.0 Å². The van der Waals surface area contributed by atoms with Crippen molar-refractivity contribution in [2.45, 2.75) is 39.0 Å². The highest BCUT2D eigenvalue weighted by molar-refractivity contribution is 7.26. The molecule has 0 saturated carbocycles. The van der Waals surface area contributed by atoms with E-state index >= 15 is 0 Å². The van der Waals surface area contributed by atoms with Gasteiger partial charge in [0.1, 0.15) is 11.2 Å². The van der Waals surface area contributed by atoms with Gasteiger partial charge in [0.25, 0.3) is 0 Å². The number of aryl methyl sites for hydroxylation is 1. The van der Waals surface area contributed by atoms with Crippen molar-refractivity contribution < 1.29 is 4.90 Å². The zero-order valence-corrected chi connectivity index (χ0v) is 16.6. The SMILES string of the molecule is CC(C)c1nc2sc3c(N4CC[NH+](C)CC4)ncnc3c2c2c1CCC2. The molecular formula is C20H26N5S+. The summed E-state index contributed by atoms with van der Waals surface area (Å²) >= 11 is 1.80. The molecule has 1 aliphatic heterocycles. The lowest BCUT2D eigenvalue weighted by Gasteiger charge is -2.30. The second kappa shape index (κ2) is 6.13. The van der Waals surface area contributed by atoms with Gasteiger partial charge in [0, 0.05) is 11.1 Å². The van der Waals surface area contributed by atoms with Crippen LogP contribution in [-0.2, 0) is 12.8 Å².